The number of allylic oxidation sites excluding steroid dienone is 1. The Kier molecular flexibility index (Phi) is 5.09. The molecule has 0 aliphatic heterocycles. The van der Waals surface area contributed by atoms with Crippen molar-refractivity contribution in [2.45, 2.75) is 32.6 Å². The van der Waals surface area contributed by atoms with Crippen LogP contribution < -0.4 is 10.1 Å². The Balaban J connectivity index is 1.67. The van der Waals surface area contributed by atoms with Crippen LogP contribution in [0.2, 0.25) is 0 Å². The largest absolute Gasteiger partial charge is 0.496 e. The Morgan fingerprint density at radius 3 is 2.72 bits per heavy atom. The first-order valence-corrected chi connectivity index (χ1v) is 9.53. The number of carbonyl (C=O) groups is 1. The standard InChI is InChI=1S/C23H21F2NO3/c1-13(9-23(27)26-19-8-7-14(24)10-18(19)25)16-11-17-15-5-3-4-6-20(15)29-22(17)12-21(16)28-2/h7-12H,3-6H2,1-2H3,(H,26,27)/b13-9+. The average molecular weight is 397 g/mol. The van der Waals surface area contributed by atoms with Crippen LogP contribution in [0.15, 0.2) is 40.8 Å². The van der Waals surface area contributed by atoms with E-state index in [9.17, 15) is 13.6 Å². The second-order valence-corrected chi connectivity index (χ2v) is 7.20. The molecule has 1 amide bonds. The number of halogens is 2. The maximum Gasteiger partial charge on any atom is 0.248 e. The highest BCUT2D eigenvalue weighted by atomic mass is 19.1. The Labute approximate surface area is 167 Å². The Morgan fingerprint density at radius 1 is 1.17 bits per heavy atom. The number of ether oxygens (including phenoxy) is 1. The number of amides is 1. The first-order valence-electron chi connectivity index (χ1n) is 9.53. The van der Waals surface area contributed by atoms with Crippen LogP contribution in [0.5, 0.6) is 5.75 Å². The quantitative estimate of drug-likeness (QED) is 0.580. The number of anilines is 1. The fraction of sp³-hybridized carbons (Fsp3) is 0.261. The summed E-state index contributed by atoms with van der Waals surface area (Å²) in [5.41, 5.74) is 3.36. The van der Waals surface area contributed by atoms with Crippen molar-refractivity contribution in [1.29, 1.82) is 0 Å². The van der Waals surface area contributed by atoms with Crippen LogP contribution in [0.25, 0.3) is 16.5 Å². The second kappa shape index (κ2) is 7.70. The van der Waals surface area contributed by atoms with Crippen LogP contribution in [0.3, 0.4) is 0 Å². The van der Waals surface area contributed by atoms with E-state index < -0.39 is 17.5 Å². The van der Waals surface area contributed by atoms with Gasteiger partial charge in [0.05, 0.1) is 12.8 Å². The fourth-order valence-corrected chi connectivity index (χ4v) is 3.80. The lowest BCUT2D eigenvalue weighted by molar-refractivity contribution is -0.111. The predicted octanol–water partition coefficient (Wildman–Crippen LogP) is 5.64. The molecule has 4 rings (SSSR count). The maximum atomic E-state index is 13.8. The molecule has 3 aromatic rings. The van der Waals surface area contributed by atoms with Crippen molar-refractivity contribution in [3.63, 3.8) is 0 Å². The van der Waals surface area contributed by atoms with E-state index in [0.717, 1.165) is 60.1 Å². The number of hydrogen-bond donors (Lipinski definition) is 1. The third-order valence-corrected chi connectivity index (χ3v) is 5.24. The molecule has 29 heavy (non-hydrogen) atoms. The van der Waals surface area contributed by atoms with Crippen molar-refractivity contribution in [2.24, 2.45) is 0 Å². The minimum atomic E-state index is -0.826. The van der Waals surface area contributed by atoms with Crippen LogP contribution in [-0.2, 0) is 17.6 Å². The third-order valence-electron chi connectivity index (χ3n) is 5.24. The molecule has 1 heterocycles. The second-order valence-electron chi connectivity index (χ2n) is 7.20. The van der Waals surface area contributed by atoms with E-state index in [1.807, 2.05) is 12.1 Å². The van der Waals surface area contributed by atoms with E-state index in [1.165, 1.54) is 17.7 Å². The summed E-state index contributed by atoms with van der Waals surface area (Å²) in [4.78, 5) is 12.4. The zero-order chi connectivity index (χ0) is 20.5. The number of rotatable bonds is 4. The molecule has 1 N–H and O–H groups in total. The van der Waals surface area contributed by atoms with Gasteiger partial charge >= 0.3 is 0 Å². The summed E-state index contributed by atoms with van der Waals surface area (Å²) in [6, 6.07) is 6.84. The summed E-state index contributed by atoms with van der Waals surface area (Å²) in [6.07, 6.45) is 5.53. The lowest BCUT2D eigenvalue weighted by Gasteiger charge is -2.11. The smallest absolute Gasteiger partial charge is 0.248 e. The van der Waals surface area contributed by atoms with Gasteiger partial charge in [-0.2, -0.15) is 0 Å². The van der Waals surface area contributed by atoms with Crippen molar-refractivity contribution in [3.05, 3.63) is 64.9 Å². The third kappa shape index (κ3) is 3.75. The number of aryl methyl sites for hydroxylation is 2. The van der Waals surface area contributed by atoms with Crippen molar-refractivity contribution in [1.82, 2.24) is 0 Å². The van der Waals surface area contributed by atoms with Crippen LogP contribution in [0.1, 0.15) is 36.7 Å². The van der Waals surface area contributed by atoms with Gasteiger partial charge in [-0.3, -0.25) is 4.79 Å². The molecule has 0 atom stereocenters. The molecule has 2 aromatic carbocycles. The van der Waals surface area contributed by atoms with E-state index in [0.29, 0.717) is 11.3 Å². The van der Waals surface area contributed by atoms with Crippen LogP contribution >= 0.6 is 0 Å². The molecule has 0 unspecified atom stereocenters. The molecule has 0 fully saturated rings. The minimum Gasteiger partial charge on any atom is -0.496 e. The molecule has 0 radical (unpaired) electrons. The van der Waals surface area contributed by atoms with E-state index >= 15 is 0 Å². The SMILES string of the molecule is COc1cc2oc3c(c2cc1/C(C)=C/C(=O)Nc1ccc(F)cc1F)CCCC3. The summed E-state index contributed by atoms with van der Waals surface area (Å²) in [7, 11) is 1.56. The van der Waals surface area contributed by atoms with Gasteiger partial charge in [-0.05, 0) is 50.0 Å². The first-order chi connectivity index (χ1) is 14.0. The van der Waals surface area contributed by atoms with E-state index in [-0.39, 0.29) is 5.69 Å². The van der Waals surface area contributed by atoms with Crippen molar-refractivity contribution >= 4 is 28.1 Å². The van der Waals surface area contributed by atoms with Gasteiger partial charge in [0, 0.05) is 41.1 Å². The normalized spacial score (nSPS) is 14.0. The molecule has 1 aliphatic carbocycles. The maximum absolute atomic E-state index is 13.8. The summed E-state index contributed by atoms with van der Waals surface area (Å²) < 4.78 is 38.3. The number of methoxy groups -OCH3 is 1. The van der Waals surface area contributed by atoms with Gasteiger partial charge in [-0.1, -0.05) is 0 Å². The zero-order valence-electron chi connectivity index (χ0n) is 16.3. The summed E-state index contributed by atoms with van der Waals surface area (Å²) in [5.74, 6) is -0.416. The summed E-state index contributed by atoms with van der Waals surface area (Å²) in [6.45, 7) is 1.79. The van der Waals surface area contributed by atoms with Crippen molar-refractivity contribution in [3.8, 4) is 5.75 Å². The van der Waals surface area contributed by atoms with Gasteiger partial charge in [-0.15, -0.1) is 0 Å². The van der Waals surface area contributed by atoms with E-state index in [1.54, 1.807) is 14.0 Å². The van der Waals surface area contributed by atoms with Crippen LogP contribution in [-0.4, -0.2) is 13.0 Å². The number of carbonyl (C=O) groups excluding carboxylic acids is 1. The first kappa shape index (κ1) is 19.2. The monoisotopic (exact) mass is 397 g/mol. The lowest BCUT2D eigenvalue weighted by Crippen LogP contribution is -2.10. The highest BCUT2D eigenvalue weighted by Gasteiger charge is 2.20. The van der Waals surface area contributed by atoms with Crippen molar-refractivity contribution < 1.29 is 22.7 Å². The molecule has 1 aromatic heterocycles. The van der Waals surface area contributed by atoms with Gasteiger partial charge in [0.1, 0.15) is 28.7 Å². The Hall–Kier alpha value is -3.15. The van der Waals surface area contributed by atoms with Gasteiger partial charge in [-0.25, -0.2) is 8.78 Å². The van der Waals surface area contributed by atoms with Gasteiger partial charge in [0.15, 0.2) is 0 Å². The van der Waals surface area contributed by atoms with Crippen LogP contribution in [0, 0.1) is 11.6 Å². The molecule has 0 saturated carbocycles. The van der Waals surface area contributed by atoms with Crippen molar-refractivity contribution in [2.75, 3.05) is 12.4 Å². The highest BCUT2D eigenvalue weighted by Crippen LogP contribution is 2.37. The Bertz CT molecular complexity index is 1130. The van der Waals surface area contributed by atoms with Gasteiger partial charge in [0.25, 0.3) is 0 Å². The molecule has 4 nitrogen and oxygen atoms in total. The molecule has 6 heteroatoms. The average Bonchev–Trinajstić information content (AvgIpc) is 3.06. The van der Waals surface area contributed by atoms with E-state index in [2.05, 4.69) is 5.32 Å². The Morgan fingerprint density at radius 2 is 1.97 bits per heavy atom. The molecule has 0 saturated heterocycles. The minimum absolute atomic E-state index is 0.0771. The van der Waals surface area contributed by atoms with Crippen LogP contribution in [0.4, 0.5) is 14.5 Å². The topological polar surface area (TPSA) is 51.5 Å². The number of fused-ring (bicyclic) bond motifs is 3. The molecular formula is C23H21F2NO3. The number of nitrogens with one attached hydrogen (secondary N) is 1. The molecule has 0 spiro atoms. The summed E-state index contributed by atoms with van der Waals surface area (Å²) >= 11 is 0. The fourth-order valence-electron chi connectivity index (χ4n) is 3.80. The zero-order valence-corrected chi connectivity index (χ0v) is 16.3. The molecule has 1 aliphatic rings. The molecular weight excluding hydrogens is 376 g/mol. The summed E-state index contributed by atoms with van der Waals surface area (Å²) in [5, 5.41) is 3.48. The number of hydrogen-bond acceptors (Lipinski definition) is 3. The highest BCUT2D eigenvalue weighted by molar-refractivity contribution is 6.04. The molecule has 150 valence electrons. The predicted molar refractivity (Wildman–Crippen MR) is 108 cm³/mol. The van der Waals surface area contributed by atoms with Gasteiger partial charge in [0.2, 0.25) is 5.91 Å². The van der Waals surface area contributed by atoms with E-state index in [4.69, 9.17) is 9.15 Å². The lowest BCUT2D eigenvalue weighted by atomic mass is 9.94. The van der Waals surface area contributed by atoms with Gasteiger partial charge < -0.3 is 14.5 Å². The molecule has 0 bridgehead atoms. The number of benzene rings is 2. The number of furan rings is 1.